The lowest BCUT2D eigenvalue weighted by Crippen LogP contribution is -2.39. The van der Waals surface area contributed by atoms with Crippen molar-refractivity contribution in [1.82, 2.24) is 0 Å². The Balaban J connectivity index is 1.93. The molecule has 1 aromatic rings. The smallest absolute Gasteiger partial charge is 0.339 e. The maximum atomic E-state index is 12.8. The van der Waals surface area contributed by atoms with E-state index in [4.69, 9.17) is 9.47 Å². The van der Waals surface area contributed by atoms with Crippen molar-refractivity contribution in [1.29, 1.82) is 0 Å². The van der Waals surface area contributed by atoms with Gasteiger partial charge in [-0.15, -0.1) is 0 Å². The van der Waals surface area contributed by atoms with E-state index in [0.29, 0.717) is 29.9 Å². The van der Waals surface area contributed by atoms with Gasteiger partial charge in [-0.05, 0) is 48.7 Å². The number of hydrogen-bond acceptors (Lipinski definition) is 3. The summed E-state index contributed by atoms with van der Waals surface area (Å²) in [5, 5.41) is 0. The van der Waals surface area contributed by atoms with E-state index in [1.807, 2.05) is 49.4 Å². The molecule has 1 aromatic carbocycles. The largest absolute Gasteiger partial charge is 0.460 e. The summed E-state index contributed by atoms with van der Waals surface area (Å²) in [4.78, 5) is 12.8. The van der Waals surface area contributed by atoms with Crippen LogP contribution in [0.15, 0.2) is 48.6 Å². The molecule has 0 N–H and O–H groups in total. The van der Waals surface area contributed by atoms with Crippen molar-refractivity contribution >= 4 is 12.0 Å². The highest BCUT2D eigenvalue weighted by atomic mass is 16.6. The summed E-state index contributed by atoms with van der Waals surface area (Å²) in [5.41, 5.74) is 1.78. The predicted octanol–water partition coefficient (Wildman–Crippen LogP) is 5.67. The Kier molecular flexibility index (Phi) is 8.30. The van der Waals surface area contributed by atoms with Gasteiger partial charge in [0, 0.05) is 0 Å². The number of hydrogen-bond donors (Lipinski definition) is 0. The molecule has 0 spiro atoms. The van der Waals surface area contributed by atoms with Crippen LogP contribution in [0.2, 0.25) is 0 Å². The van der Waals surface area contributed by atoms with E-state index in [1.54, 1.807) is 0 Å². The zero-order chi connectivity index (χ0) is 19.8. The highest BCUT2D eigenvalue weighted by Crippen LogP contribution is 2.35. The van der Waals surface area contributed by atoms with E-state index in [2.05, 4.69) is 27.4 Å². The molecule has 0 aliphatic heterocycles. The fourth-order valence-electron chi connectivity index (χ4n) is 3.77. The maximum absolute atomic E-state index is 12.8. The van der Waals surface area contributed by atoms with Gasteiger partial charge in [0.1, 0.15) is 6.10 Å². The van der Waals surface area contributed by atoms with E-state index in [1.165, 1.54) is 6.42 Å². The van der Waals surface area contributed by atoms with E-state index in [9.17, 15) is 4.79 Å². The monoisotopic (exact) mass is 370 g/mol. The quantitative estimate of drug-likeness (QED) is 0.437. The lowest BCUT2D eigenvalue weighted by molar-refractivity contribution is -0.166. The van der Waals surface area contributed by atoms with Crippen LogP contribution < -0.4 is 0 Å². The molecule has 27 heavy (non-hydrogen) atoms. The van der Waals surface area contributed by atoms with E-state index in [-0.39, 0.29) is 12.1 Å². The second-order valence-corrected chi connectivity index (χ2v) is 8.17. The van der Waals surface area contributed by atoms with Crippen LogP contribution in [-0.4, -0.2) is 24.8 Å². The molecule has 3 heteroatoms. The van der Waals surface area contributed by atoms with Crippen molar-refractivity contribution in [2.24, 2.45) is 17.8 Å². The first-order chi connectivity index (χ1) is 12.9. The third-order valence-electron chi connectivity index (χ3n) is 5.36. The van der Waals surface area contributed by atoms with E-state index in [0.717, 1.165) is 18.4 Å². The molecule has 1 fully saturated rings. The molecule has 0 saturated heterocycles. The third-order valence-corrected chi connectivity index (χ3v) is 5.36. The van der Waals surface area contributed by atoms with Gasteiger partial charge in [-0.25, -0.2) is 4.79 Å². The fourth-order valence-corrected chi connectivity index (χ4v) is 3.77. The first-order valence-corrected chi connectivity index (χ1v) is 10.1. The molecule has 1 saturated carbocycles. The first kappa shape index (κ1) is 21.4. The molecule has 0 aromatic heterocycles. The van der Waals surface area contributed by atoms with Gasteiger partial charge in [-0.3, -0.25) is 0 Å². The second kappa shape index (κ2) is 10.5. The number of carbonyl (C=O) groups is 1. The summed E-state index contributed by atoms with van der Waals surface area (Å²) < 4.78 is 11.7. The van der Waals surface area contributed by atoms with Crippen molar-refractivity contribution < 1.29 is 14.3 Å². The zero-order valence-electron chi connectivity index (χ0n) is 17.2. The zero-order valence-corrected chi connectivity index (χ0v) is 17.2. The lowest BCUT2D eigenvalue weighted by atomic mass is 9.75. The summed E-state index contributed by atoms with van der Waals surface area (Å²) in [6, 6.07) is 10.0. The van der Waals surface area contributed by atoms with Gasteiger partial charge in [-0.2, -0.15) is 0 Å². The van der Waals surface area contributed by atoms with Crippen LogP contribution in [0.25, 0.3) is 6.08 Å². The molecular weight excluding hydrogens is 336 g/mol. The van der Waals surface area contributed by atoms with Crippen LogP contribution in [0.1, 0.15) is 52.5 Å². The van der Waals surface area contributed by atoms with Crippen molar-refractivity contribution in [2.45, 2.75) is 59.2 Å². The minimum Gasteiger partial charge on any atom is -0.460 e. The Labute approximate surface area is 164 Å². The summed E-state index contributed by atoms with van der Waals surface area (Å²) in [5.74, 6) is 1.22. The Bertz CT molecular complexity index is 632. The molecular formula is C24H34O3. The summed E-state index contributed by atoms with van der Waals surface area (Å²) >= 11 is 0. The first-order valence-electron chi connectivity index (χ1n) is 10.1. The maximum Gasteiger partial charge on any atom is 0.339 e. The normalized spacial score (nSPS) is 24.1. The molecule has 1 aliphatic rings. The van der Waals surface area contributed by atoms with E-state index >= 15 is 0 Å². The molecule has 1 unspecified atom stereocenters. The topological polar surface area (TPSA) is 35.5 Å². The highest BCUT2D eigenvalue weighted by molar-refractivity contribution is 5.78. The van der Waals surface area contributed by atoms with Crippen molar-refractivity contribution in [2.75, 3.05) is 6.61 Å². The molecule has 0 radical (unpaired) electrons. The average Bonchev–Trinajstić information content (AvgIpc) is 2.61. The number of benzene rings is 1. The van der Waals surface area contributed by atoms with Gasteiger partial charge in [0.2, 0.25) is 0 Å². The van der Waals surface area contributed by atoms with Gasteiger partial charge in [-0.1, -0.05) is 76.3 Å². The Morgan fingerprint density at radius 3 is 2.59 bits per heavy atom. The van der Waals surface area contributed by atoms with Crippen LogP contribution in [0.5, 0.6) is 0 Å². The van der Waals surface area contributed by atoms with Gasteiger partial charge >= 0.3 is 5.97 Å². The number of rotatable bonds is 8. The van der Waals surface area contributed by atoms with Crippen LogP contribution in [0.4, 0.5) is 0 Å². The van der Waals surface area contributed by atoms with Crippen molar-refractivity contribution in [3.63, 3.8) is 0 Å². The van der Waals surface area contributed by atoms with Gasteiger partial charge in [0.15, 0.2) is 6.10 Å². The fraction of sp³-hybridized carbons (Fsp3) is 0.542. The minimum atomic E-state index is -0.713. The predicted molar refractivity (Wildman–Crippen MR) is 111 cm³/mol. The molecule has 2 rings (SSSR count). The van der Waals surface area contributed by atoms with Crippen LogP contribution in [-0.2, 0) is 14.3 Å². The molecule has 0 amide bonds. The van der Waals surface area contributed by atoms with Crippen molar-refractivity contribution in [3.8, 4) is 0 Å². The van der Waals surface area contributed by atoms with Crippen LogP contribution in [0, 0.1) is 17.8 Å². The van der Waals surface area contributed by atoms with Gasteiger partial charge in [0.05, 0.1) is 6.61 Å². The lowest BCUT2D eigenvalue weighted by Gasteiger charge is -2.37. The van der Waals surface area contributed by atoms with Gasteiger partial charge in [0.25, 0.3) is 0 Å². The Hall–Kier alpha value is -1.87. The average molecular weight is 371 g/mol. The van der Waals surface area contributed by atoms with Crippen LogP contribution >= 0.6 is 0 Å². The molecule has 0 heterocycles. The van der Waals surface area contributed by atoms with E-state index < -0.39 is 6.10 Å². The van der Waals surface area contributed by atoms with Gasteiger partial charge < -0.3 is 9.47 Å². The molecule has 0 bridgehead atoms. The summed E-state index contributed by atoms with van der Waals surface area (Å²) in [7, 11) is 0. The number of carbonyl (C=O) groups excluding carboxylic acids is 1. The van der Waals surface area contributed by atoms with Crippen molar-refractivity contribution in [3.05, 3.63) is 54.1 Å². The highest BCUT2D eigenvalue weighted by Gasteiger charge is 2.35. The SMILES string of the molecule is C=C(C)C(OC/C=C\c1ccccc1)C(=O)O[C@@H]1C[C@H](C)CC[C@H]1C(C)C. The number of esters is 1. The third kappa shape index (κ3) is 6.66. The summed E-state index contributed by atoms with van der Waals surface area (Å²) in [6.45, 7) is 12.7. The minimum absolute atomic E-state index is 0.0217. The molecule has 4 atom stereocenters. The summed E-state index contributed by atoms with van der Waals surface area (Å²) in [6.07, 6.45) is 6.43. The second-order valence-electron chi connectivity index (χ2n) is 8.17. The molecule has 1 aliphatic carbocycles. The standard InChI is InChI=1S/C24H34O3/c1-17(2)21-14-13-19(5)16-22(21)27-24(25)23(18(3)4)26-15-9-12-20-10-7-6-8-11-20/h6-12,17,19,21-23H,3,13-16H2,1-2,4-5H3/b12-9-/t19-,21+,22-,23?/m1/s1. The Morgan fingerprint density at radius 1 is 1.26 bits per heavy atom. The van der Waals surface area contributed by atoms with Crippen LogP contribution in [0.3, 0.4) is 0 Å². The number of ether oxygens (including phenoxy) is 2. The Morgan fingerprint density at radius 2 is 1.96 bits per heavy atom. The molecule has 148 valence electrons. The molecule has 3 nitrogen and oxygen atoms in total.